The monoisotopic (exact) mass is 449 g/mol. The SMILES string of the molecule is COc1ccc([C@@H](NCc2ccccc2)[C@@H](c2ccc(OC)c(OC)c2)C(C)C)cc1OC. The molecule has 5 nitrogen and oxygen atoms in total. The van der Waals surface area contributed by atoms with E-state index in [-0.39, 0.29) is 12.0 Å². The summed E-state index contributed by atoms with van der Waals surface area (Å²) in [4.78, 5) is 0. The van der Waals surface area contributed by atoms with Gasteiger partial charge in [-0.2, -0.15) is 0 Å². The van der Waals surface area contributed by atoms with E-state index in [0.29, 0.717) is 5.92 Å². The van der Waals surface area contributed by atoms with Crippen LogP contribution in [0.1, 0.15) is 42.5 Å². The Kier molecular flexibility index (Phi) is 8.61. The van der Waals surface area contributed by atoms with Gasteiger partial charge in [-0.3, -0.25) is 0 Å². The molecule has 0 saturated heterocycles. The standard InChI is InChI=1S/C28H35NO4/c1-19(2)27(21-12-14-23(30-3)25(16-21)32-5)28(29-18-20-10-8-7-9-11-20)22-13-15-24(31-4)26(17-22)33-6/h7-17,19,27-29H,18H2,1-6H3/t27-,28-/m1/s1. The largest absolute Gasteiger partial charge is 0.493 e. The van der Waals surface area contributed by atoms with Crippen molar-refractivity contribution in [3.63, 3.8) is 0 Å². The molecule has 2 atom stereocenters. The Morgan fingerprint density at radius 1 is 0.636 bits per heavy atom. The fraction of sp³-hybridized carbons (Fsp3) is 0.357. The van der Waals surface area contributed by atoms with Gasteiger partial charge in [0.2, 0.25) is 0 Å². The van der Waals surface area contributed by atoms with Gasteiger partial charge in [0.25, 0.3) is 0 Å². The lowest BCUT2D eigenvalue weighted by molar-refractivity contribution is 0.341. The minimum absolute atomic E-state index is 0.0307. The first-order valence-electron chi connectivity index (χ1n) is 11.2. The first-order chi connectivity index (χ1) is 16.0. The third-order valence-corrected chi connectivity index (χ3v) is 6.01. The fourth-order valence-corrected chi connectivity index (χ4v) is 4.34. The molecule has 0 unspecified atom stereocenters. The summed E-state index contributed by atoms with van der Waals surface area (Å²) in [6, 6.07) is 22.8. The van der Waals surface area contributed by atoms with Crippen molar-refractivity contribution >= 4 is 0 Å². The van der Waals surface area contributed by atoms with E-state index in [1.54, 1.807) is 28.4 Å². The second kappa shape index (κ2) is 11.6. The van der Waals surface area contributed by atoms with Gasteiger partial charge in [0, 0.05) is 18.5 Å². The molecule has 33 heavy (non-hydrogen) atoms. The minimum atomic E-state index is 0.0307. The second-order valence-electron chi connectivity index (χ2n) is 8.34. The highest BCUT2D eigenvalue weighted by Crippen LogP contribution is 2.42. The van der Waals surface area contributed by atoms with Crippen LogP contribution in [0.4, 0.5) is 0 Å². The van der Waals surface area contributed by atoms with E-state index >= 15 is 0 Å². The number of benzene rings is 3. The Bertz CT molecular complexity index is 1020. The molecule has 176 valence electrons. The van der Waals surface area contributed by atoms with Crippen molar-refractivity contribution in [1.29, 1.82) is 0 Å². The molecule has 0 bridgehead atoms. The van der Waals surface area contributed by atoms with Crippen LogP contribution in [0.15, 0.2) is 66.7 Å². The van der Waals surface area contributed by atoms with Gasteiger partial charge in [0.05, 0.1) is 28.4 Å². The van der Waals surface area contributed by atoms with Crippen molar-refractivity contribution in [3.8, 4) is 23.0 Å². The van der Waals surface area contributed by atoms with Crippen molar-refractivity contribution < 1.29 is 18.9 Å². The lowest BCUT2D eigenvalue weighted by Crippen LogP contribution is -2.30. The lowest BCUT2D eigenvalue weighted by Gasteiger charge is -2.33. The second-order valence-corrected chi connectivity index (χ2v) is 8.34. The van der Waals surface area contributed by atoms with Crippen molar-refractivity contribution in [2.45, 2.75) is 32.4 Å². The normalized spacial score (nSPS) is 12.8. The molecule has 1 N–H and O–H groups in total. The molecule has 0 fully saturated rings. The Morgan fingerprint density at radius 2 is 1.15 bits per heavy atom. The molecule has 0 radical (unpaired) electrons. The molecule has 0 aliphatic heterocycles. The zero-order valence-corrected chi connectivity index (χ0v) is 20.4. The van der Waals surface area contributed by atoms with Gasteiger partial charge in [-0.05, 0) is 46.9 Å². The van der Waals surface area contributed by atoms with Crippen molar-refractivity contribution in [1.82, 2.24) is 5.32 Å². The van der Waals surface area contributed by atoms with Crippen molar-refractivity contribution in [2.75, 3.05) is 28.4 Å². The van der Waals surface area contributed by atoms with Gasteiger partial charge in [-0.1, -0.05) is 56.3 Å². The van der Waals surface area contributed by atoms with Crippen LogP contribution in [0.3, 0.4) is 0 Å². The molecule has 0 heterocycles. The van der Waals surface area contributed by atoms with Crippen molar-refractivity contribution in [3.05, 3.63) is 83.4 Å². The van der Waals surface area contributed by atoms with Crippen LogP contribution in [0.25, 0.3) is 0 Å². The molecule has 3 aromatic rings. The molecule has 0 spiro atoms. The van der Waals surface area contributed by atoms with Crippen LogP contribution in [-0.2, 0) is 6.54 Å². The molecule has 0 aliphatic carbocycles. The zero-order valence-electron chi connectivity index (χ0n) is 20.4. The van der Waals surface area contributed by atoms with E-state index in [9.17, 15) is 0 Å². The summed E-state index contributed by atoms with van der Waals surface area (Å²) < 4.78 is 22.2. The minimum Gasteiger partial charge on any atom is -0.493 e. The maximum absolute atomic E-state index is 5.61. The van der Waals surface area contributed by atoms with E-state index in [1.807, 2.05) is 18.2 Å². The number of rotatable bonds is 11. The summed E-state index contributed by atoms with van der Waals surface area (Å²) in [6.07, 6.45) is 0. The lowest BCUT2D eigenvalue weighted by atomic mass is 9.79. The summed E-state index contributed by atoms with van der Waals surface area (Å²) in [7, 11) is 6.66. The summed E-state index contributed by atoms with van der Waals surface area (Å²) in [5.74, 6) is 3.42. The van der Waals surface area contributed by atoms with E-state index < -0.39 is 0 Å². The number of ether oxygens (including phenoxy) is 4. The fourth-order valence-electron chi connectivity index (χ4n) is 4.34. The number of nitrogens with one attached hydrogen (secondary N) is 1. The first kappa shape index (κ1) is 24.5. The highest BCUT2D eigenvalue weighted by Gasteiger charge is 2.29. The number of methoxy groups -OCH3 is 4. The topological polar surface area (TPSA) is 49.0 Å². The van der Waals surface area contributed by atoms with Gasteiger partial charge in [0.15, 0.2) is 23.0 Å². The Morgan fingerprint density at radius 3 is 1.67 bits per heavy atom. The van der Waals surface area contributed by atoms with Crippen LogP contribution >= 0.6 is 0 Å². The van der Waals surface area contributed by atoms with Gasteiger partial charge < -0.3 is 24.3 Å². The average Bonchev–Trinajstić information content (AvgIpc) is 2.86. The average molecular weight is 450 g/mol. The summed E-state index contributed by atoms with van der Waals surface area (Å²) in [5.41, 5.74) is 3.55. The van der Waals surface area contributed by atoms with E-state index in [0.717, 1.165) is 35.1 Å². The number of hydrogen-bond acceptors (Lipinski definition) is 5. The molecule has 3 aromatic carbocycles. The highest BCUT2D eigenvalue weighted by molar-refractivity contribution is 5.47. The predicted octanol–water partition coefficient (Wildman–Crippen LogP) is 5.99. The Hall–Kier alpha value is -3.18. The van der Waals surface area contributed by atoms with Crippen LogP contribution in [0.5, 0.6) is 23.0 Å². The maximum Gasteiger partial charge on any atom is 0.161 e. The quantitative estimate of drug-likeness (QED) is 0.390. The molecule has 0 aromatic heterocycles. The maximum atomic E-state index is 5.61. The molecular formula is C28H35NO4. The van der Waals surface area contributed by atoms with Gasteiger partial charge in [0.1, 0.15) is 0 Å². The summed E-state index contributed by atoms with van der Waals surface area (Å²) in [5, 5.41) is 3.82. The molecule has 3 rings (SSSR count). The Balaban J connectivity index is 2.07. The van der Waals surface area contributed by atoms with Crippen LogP contribution < -0.4 is 24.3 Å². The summed E-state index contributed by atoms with van der Waals surface area (Å²) in [6.45, 7) is 5.25. The zero-order chi connectivity index (χ0) is 23.8. The van der Waals surface area contributed by atoms with Gasteiger partial charge in [-0.15, -0.1) is 0 Å². The van der Waals surface area contributed by atoms with Crippen LogP contribution in [-0.4, -0.2) is 28.4 Å². The molecule has 0 saturated carbocycles. The Labute approximate surface area is 197 Å². The van der Waals surface area contributed by atoms with E-state index in [2.05, 4.69) is 67.7 Å². The van der Waals surface area contributed by atoms with Crippen LogP contribution in [0.2, 0.25) is 0 Å². The highest BCUT2D eigenvalue weighted by atomic mass is 16.5. The van der Waals surface area contributed by atoms with E-state index in [1.165, 1.54) is 11.1 Å². The smallest absolute Gasteiger partial charge is 0.161 e. The summed E-state index contributed by atoms with van der Waals surface area (Å²) >= 11 is 0. The van der Waals surface area contributed by atoms with E-state index in [4.69, 9.17) is 18.9 Å². The first-order valence-corrected chi connectivity index (χ1v) is 11.2. The van der Waals surface area contributed by atoms with Crippen LogP contribution in [0, 0.1) is 5.92 Å². The molecule has 0 amide bonds. The molecule has 0 aliphatic rings. The van der Waals surface area contributed by atoms with Gasteiger partial charge >= 0.3 is 0 Å². The third-order valence-electron chi connectivity index (χ3n) is 6.01. The van der Waals surface area contributed by atoms with Gasteiger partial charge in [-0.25, -0.2) is 0 Å². The molecular weight excluding hydrogens is 414 g/mol. The third kappa shape index (κ3) is 5.79. The number of hydrogen-bond donors (Lipinski definition) is 1. The molecule has 5 heteroatoms. The predicted molar refractivity (Wildman–Crippen MR) is 133 cm³/mol. The van der Waals surface area contributed by atoms with Crippen molar-refractivity contribution in [2.24, 2.45) is 5.92 Å².